The molecule has 1 aromatic heterocycles. The molecule has 17 heavy (non-hydrogen) atoms. The zero-order valence-corrected chi connectivity index (χ0v) is 10.4. The highest BCUT2D eigenvalue weighted by atomic mass is 32.2. The lowest BCUT2D eigenvalue weighted by molar-refractivity contribution is 0.573. The maximum atomic E-state index is 11.8. The molecule has 1 aliphatic carbocycles. The molecule has 0 aromatic carbocycles. The first-order valence-corrected chi connectivity index (χ1v) is 7.30. The zero-order valence-electron chi connectivity index (χ0n) is 9.59. The average molecular weight is 255 g/mol. The minimum atomic E-state index is -3.39. The summed E-state index contributed by atoms with van der Waals surface area (Å²) in [5, 5.41) is 3.34. The molecule has 0 bridgehead atoms. The Morgan fingerprint density at radius 1 is 1.35 bits per heavy atom. The van der Waals surface area contributed by atoms with Gasteiger partial charge in [0.1, 0.15) is 4.90 Å². The van der Waals surface area contributed by atoms with Crippen molar-refractivity contribution in [3.63, 3.8) is 0 Å². The quantitative estimate of drug-likeness (QED) is 0.696. The van der Waals surface area contributed by atoms with Crippen molar-refractivity contribution in [3.05, 3.63) is 24.5 Å². The molecule has 5 nitrogen and oxygen atoms in total. The van der Waals surface area contributed by atoms with Crippen LogP contribution in [0.5, 0.6) is 0 Å². The van der Waals surface area contributed by atoms with Crippen molar-refractivity contribution >= 4 is 10.0 Å². The largest absolute Gasteiger partial charge is 0.314 e. The van der Waals surface area contributed by atoms with E-state index in [1.807, 2.05) is 0 Å². The normalized spacial score (nSPS) is 16.0. The van der Waals surface area contributed by atoms with Crippen molar-refractivity contribution in [1.82, 2.24) is 15.0 Å². The fourth-order valence-corrected chi connectivity index (χ4v) is 2.52. The second kappa shape index (κ2) is 5.57. The highest BCUT2D eigenvalue weighted by Gasteiger charge is 2.19. The van der Waals surface area contributed by atoms with Crippen molar-refractivity contribution < 1.29 is 8.42 Å². The summed E-state index contributed by atoms with van der Waals surface area (Å²) in [4.78, 5) is 4.01. The minimum Gasteiger partial charge on any atom is -0.314 e. The van der Waals surface area contributed by atoms with Crippen LogP contribution in [0, 0.1) is 0 Å². The molecule has 1 aromatic rings. The second-order valence-electron chi connectivity index (χ2n) is 4.17. The van der Waals surface area contributed by atoms with Crippen LogP contribution in [0.1, 0.15) is 19.3 Å². The molecule has 6 heteroatoms. The van der Waals surface area contributed by atoms with Crippen LogP contribution in [-0.4, -0.2) is 32.5 Å². The SMILES string of the molecule is O=S(=O)(NCCCNC1CC1)c1cccnc1. The van der Waals surface area contributed by atoms with E-state index < -0.39 is 10.0 Å². The third kappa shape index (κ3) is 4.07. The van der Waals surface area contributed by atoms with E-state index in [2.05, 4.69) is 15.0 Å². The Morgan fingerprint density at radius 2 is 2.18 bits per heavy atom. The van der Waals surface area contributed by atoms with Crippen molar-refractivity contribution in [2.24, 2.45) is 0 Å². The topological polar surface area (TPSA) is 71.1 Å². The Hall–Kier alpha value is -0.980. The third-order valence-electron chi connectivity index (χ3n) is 2.60. The van der Waals surface area contributed by atoms with Crippen LogP contribution < -0.4 is 10.0 Å². The van der Waals surface area contributed by atoms with E-state index in [9.17, 15) is 8.42 Å². The molecule has 2 N–H and O–H groups in total. The summed E-state index contributed by atoms with van der Waals surface area (Å²) < 4.78 is 26.1. The number of nitrogens with zero attached hydrogens (tertiary/aromatic N) is 1. The monoisotopic (exact) mass is 255 g/mol. The summed E-state index contributed by atoms with van der Waals surface area (Å²) in [7, 11) is -3.39. The molecule has 1 heterocycles. The molecule has 2 rings (SSSR count). The fraction of sp³-hybridized carbons (Fsp3) is 0.545. The maximum absolute atomic E-state index is 11.8. The van der Waals surface area contributed by atoms with E-state index in [0.717, 1.165) is 13.0 Å². The molecular weight excluding hydrogens is 238 g/mol. The van der Waals surface area contributed by atoms with Gasteiger partial charge >= 0.3 is 0 Å². The van der Waals surface area contributed by atoms with Gasteiger partial charge in [-0.2, -0.15) is 0 Å². The molecule has 0 amide bonds. The Balaban J connectivity index is 1.73. The lowest BCUT2D eigenvalue weighted by atomic mass is 10.4. The van der Waals surface area contributed by atoms with E-state index in [1.54, 1.807) is 12.3 Å². The Labute approximate surface area is 102 Å². The summed E-state index contributed by atoms with van der Waals surface area (Å²) in [5.74, 6) is 0. The first-order valence-electron chi connectivity index (χ1n) is 5.81. The molecule has 94 valence electrons. The van der Waals surface area contributed by atoms with E-state index in [0.29, 0.717) is 12.6 Å². The average Bonchev–Trinajstić information content (AvgIpc) is 3.14. The van der Waals surface area contributed by atoms with E-state index >= 15 is 0 Å². The van der Waals surface area contributed by atoms with Gasteiger partial charge in [0, 0.05) is 25.0 Å². The fourth-order valence-electron chi connectivity index (χ4n) is 1.48. The van der Waals surface area contributed by atoms with Crippen LogP contribution in [0.3, 0.4) is 0 Å². The zero-order chi connectivity index (χ0) is 12.1. The highest BCUT2D eigenvalue weighted by molar-refractivity contribution is 7.89. The van der Waals surface area contributed by atoms with Gasteiger partial charge in [0.05, 0.1) is 0 Å². The Morgan fingerprint density at radius 3 is 2.82 bits per heavy atom. The molecule has 1 aliphatic rings. The van der Waals surface area contributed by atoms with Gasteiger partial charge < -0.3 is 5.32 Å². The van der Waals surface area contributed by atoms with Crippen LogP contribution >= 0.6 is 0 Å². The van der Waals surface area contributed by atoms with Crippen LogP contribution in [0.4, 0.5) is 0 Å². The second-order valence-corrected chi connectivity index (χ2v) is 5.94. The lowest BCUT2D eigenvalue weighted by Crippen LogP contribution is -2.28. The summed E-state index contributed by atoms with van der Waals surface area (Å²) >= 11 is 0. The molecule has 0 spiro atoms. The van der Waals surface area contributed by atoms with Gasteiger partial charge in [0.15, 0.2) is 0 Å². The van der Waals surface area contributed by atoms with Crippen LogP contribution in [-0.2, 0) is 10.0 Å². The molecule has 0 aliphatic heterocycles. The summed E-state index contributed by atoms with van der Waals surface area (Å²) in [6.45, 7) is 1.32. The van der Waals surface area contributed by atoms with E-state index in [1.165, 1.54) is 25.1 Å². The third-order valence-corrected chi connectivity index (χ3v) is 4.05. The number of aromatic nitrogens is 1. The van der Waals surface area contributed by atoms with Gasteiger partial charge in [0.25, 0.3) is 0 Å². The molecular formula is C11H17N3O2S. The number of sulfonamides is 1. The van der Waals surface area contributed by atoms with Gasteiger partial charge in [-0.25, -0.2) is 13.1 Å². The molecule has 0 radical (unpaired) electrons. The number of hydrogen-bond acceptors (Lipinski definition) is 4. The van der Waals surface area contributed by atoms with Crippen molar-refractivity contribution in [2.75, 3.05) is 13.1 Å². The van der Waals surface area contributed by atoms with Crippen molar-refractivity contribution in [3.8, 4) is 0 Å². The number of nitrogens with one attached hydrogen (secondary N) is 2. The highest BCUT2D eigenvalue weighted by Crippen LogP contribution is 2.18. The number of hydrogen-bond donors (Lipinski definition) is 2. The standard InChI is InChI=1S/C11H17N3O2S/c15-17(16,11-3-1-6-12-9-11)14-8-2-7-13-10-4-5-10/h1,3,6,9-10,13-14H,2,4-5,7-8H2. The molecule has 1 saturated carbocycles. The summed E-state index contributed by atoms with van der Waals surface area (Å²) in [6.07, 6.45) is 6.21. The molecule has 0 saturated heterocycles. The van der Waals surface area contributed by atoms with Crippen LogP contribution in [0.2, 0.25) is 0 Å². The van der Waals surface area contributed by atoms with Gasteiger partial charge in [-0.05, 0) is 37.9 Å². The first kappa shape index (κ1) is 12.5. The van der Waals surface area contributed by atoms with Gasteiger partial charge in [-0.1, -0.05) is 0 Å². The van der Waals surface area contributed by atoms with E-state index in [-0.39, 0.29) is 4.90 Å². The van der Waals surface area contributed by atoms with Gasteiger partial charge in [-0.15, -0.1) is 0 Å². The summed E-state index contributed by atoms with van der Waals surface area (Å²) in [6, 6.07) is 3.82. The van der Waals surface area contributed by atoms with Gasteiger partial charge in [-0.3, -0.25) is 4.98 Å². The predicted octanol–water partition coefficient (Wildman–Crippen LogP) is 0.502. The summed E-state index contributed by atoms with van der Waals surface area (Å²) in [5.41, 5.74) is 0. The Bertz CT molecular complexity index is 443. The number of rotatable bonds is 7. The molecule has 0 unspecified atom stereocenters. The van der Waals surface area contributed by atoms with Crippen LogP contribution in [0.25, 0.3) is 0 Å². The Kier molecular flexibility index (Phi) is 4.09. The van der Waals surface area contributed by atoms with Gasteiger partial charge in [0.2, 0.25) is 10.0 Å². The predicted molar refractivity (Wildman–Crippen MR) is 65.1 cm³/mol. The van der Waals surface area contributed by atoms with E-state index in [4.69, 9.17) is 0 Å². The lowest BCUT2D eigenvalue weighted by Gasteiger charge is -2.06. The molecule has 0 atom stereocenters. The first-order chi connectivity index (χ1) is 8.18. The van der Waals surface area contributed by atoms with Crippen LogP contribution in [0.15, 0.2) is 29.4 Å². The minimum absolute atomic E-state index is 0.218. The number of pyridine rings is 1. The maximum Gasteiger partial charge on any atom is 0.242 e. The molecule has 1 fully saturated rings. The smallest absolute Gasteiger partial charge is 0.242 e. The van der Waals surface area contributed by atoms with Crippen molar-refractivity contribution in [2.45, 2.75) is 30.2 Å². The van der Waals surface area contributed by atoms with Crippen molar-refractivity contribution in [1.29, 1.82) is 0 Å².